The fraction of sp³-hybridized carbons (Fsp3) is 0.533. The van der Waals surface area contributed by atoms with Crippen molar-refractivity contribution in [2.75, 3.05) is 0 Å². The van der Waals surface area contributed by atoms with Crippen LogP contribution in [0.25, 0.3) is 0 Å². The Bertz CT molecular complexity index is 646. The Labute approximate surface area is 135 Å². The topological polar surface area (TPSA) is 71.8 Å². The van der Waals surface area contributed by atoms with Crippen LogP contribution in [0.2, 0.25) is 0 Å². The van der Waals surface area contributed by atoms with Crippen LogP contribution in [-0.4, -0.2) is 20.8 Å². The first-order valence-corrected chi connectivity index (χ1v) is 8.33. The number of thiazole rings is 1. The molecule has 0 bridgehead atoms. The van der Waals surface area contributed by atoms with E-state index in [-0.39, 0.29) is 6.03 Å². The number of aromatic nitrogens is 3. The predicted molar refractivity (Wildman–Crippen MR) is 87.9 cm³/mol. The van der Waals surface area contributed by atoms with Gasteiger partial charge in [-0.25, -0.2) is 9.78 Å². The van der Waals surface area contributed by atoms with Gasteiger partial charge in [0.2, 0.25) is 0 Å². The van der Waals surface area contributed by atoms with Gasteiger partial charge in [0, 0.05) is 35.9 Å². The van der Waals surface area contributed by atoms with Crippen LogP contribution in [0.5, 0.6) is 0 Å². The summed E-state index contributed by atoms with van der Waals surface area (Å²) in [6, 6.07) is -0.168. The van der Waals surface area contributed by atoms with Gasteiger partial charge >= 0.3 is 6.03 Å². The zero-order valence-corrected chi connectivity index (χ0v) is 14.4. The number of amides is 2. The second-order valence-electron chi connectivity index (χ2n) is 5.08. The van der Waals surface area contributed by atoms with E-state index in [1.54, 1.807) is 17.5 Å². The quantitative estimate of drug-likeness (QED) is 0.857. The summed E-state index contributed by atoms with van der Waals surface area (Å²) >= 11 is 1.59. The van der Waals surface area contributed by atoms with E-state index in [2.05, 4.69) is 34.6 Å². The summed E-state index contributed by atoms with van der Waals surface area (Å²) in [4.78, 5) is 17.2. The summed E-state index contributed by atoms with van der Waals surface area (Å²) < 4.78 is 1.91. The Hall–Kier alpha value is -1.89. The second-order valence-corrected chi connectivity index (χ2v) is 6.40. The number of carbonyl (C=O) groups excluding carboxylic acids is 1. The van der Waals surface area contributed by atoms with Crippen molar-refractivity contribution in [3.8, 4) is 0 Å². The van der Waals surface area contributed by atoms with E-state index < -0.39 is 0 Å². The van der Waals surface area contributed by atoms with E-state index in [1.807, 2.05) is 18.7 Å². The molecule has 2 amide bonds. The molecule has 6 nitrogen and oxygen atoms in total. The van der Waals surface area contributed by atoms with Gasteiger partial charge < -0.3 is 10.6 Å². The summed E-state index contributed by atoms with van der Waals surface area (Å²) in [7, 11) is 1.95. The average molecular weight is 321 g/mol. The largest absolute Gasteiger partial charge is 0.334 e. The van der Waals surface area contributed by atoms with Crippen LogP contribution in [0.4, 0.5) is 4.79 Å². The van der Waals surface area contributed by atoms with E-state index >= 15 is 0 Å². The van der Waals surface area contributed by atoms with Gasteiger partial charge in [-0.05, 0) is 19.8 Å². The molecule has 0 aliphatic heterocycles. The Morgan fingerprint density at radius 3 is 2.59 bits per heavy atom. The zero-order valence-electron chi connectivity index (χ0n) is 13.6. The van der Waals surface area contributed by atoms with Crippen molar-refractivity contribution in [1.29, 1.82) is 0 Å². The first-order valence-electron chi connectivity index (χ1n) is 7.51. The number of nitrogens with one attached hydrogen (secondary N) is 2. The summed E-state index contributed by atoms with van der Waals surface area (Å²) in [6.45, 7) is 7.15. The summed E-state index contributed by atoms with van der Waals surface area (Å²) in [5.41, 5.74) is 3.37. The SMILES string of the molecule is CCc1nn(C)c(CC)c1CNC(=O)NCc1cnc(C)s1. The molecule has 2 rings (SSSR count). The molecule has 7 heteroatoms. The van der Waals surface area contributed by atoms with Crippen LogP contribution in [0.15, 0.2) is 6.20 Å². The lowest BCUT2D eigenvalue weighted by Gasteiger charge is -2.08. The third kappa shape index (κ3) is 3.85. The molecule has 0 saturated heterocycles. The molecule has 120 valence electrons. The normalized spacial score (nSPS) is 10.7. The predicted octanol–water partition coefficient (Wildman–Crippen LogP) is 2.31. The molecule has 0 saturated carbocycles. The number of hydrogen-bond acceptors (Lipinski definition) is 4. The Balaban J connectivity index is 1.90. The molecule has 0 fully saturated rings. The number of hydrogen-bond donors (Lipinski definition) is 2. The van der Waals surface area contributed by atoms with Crippen LogP contribution in [0.1, 0.15) is 40.7 Å². The van der Waals surface area contributed by atoms with Crippen molar-refractivity contribution in [3.05, 3.63) is 33.0 Å². The van der Waals surface area contributed by atoms with Crippen molar-refractivity contribution in [1.82, 2.24) is 25.4 Å². The minimum absolute atomic E-state index is 0.168. The molecular formula is C15H23N5OS. The fourth-order valence-corrected chi connectivity index (χ4v) is 3.21. The van der Waals surface area contributed by atoms with E-state index in [0.29, 0.717) is 13.1 Å². The number of nitrogens with zero attached hydrogens (tertiary/aromatic N) is 3. The highest BCUT2D eigenvalue weighted by Crippen LogP contribution is 2.15. The van der Waals surface area contributed by atoms with Crippen molar-refractivity contribution < 1.29 is 4.79 Å². The highest BCUT2D eigenvalue weighted by atomic mass is 32.1. The van der Waals surface area contributed by atoms with Crippen molar-refractivity contribution in [3.63, 3.8) is 0 Å². The first-order chi connectivity index (χ1) is 10.5. The number of carbonyl (C=O) groups is 1. The number of rotatable bonds is 6. The standard InChI is InChI=1S/C15H23N5OS/c1-5-13-12(14(6-2)20(4)19-13)9-18-15(21)17-8-11-7-16-10(3)22-11/h7H,5-6,8-9H2,1-4H3,(H2,17,18,21). The van der Waals surface area contributed by atoms with Crippen LogP contribution >= 0.6 is 11.3 Å². The van der Waals surface area contributed by atoms with Crippen molar-refractivity contribution >= 4 is 17.4 Å². The highest BCUT2D eigenvalue weighted by Gasteiger charge is 2.14. The van der Waals surface area contributed by atoms with Gasteiger partial charge in [-0.15, -0.1) is 11.3 Å². The summed E-state index contributed by atoms with van der Waals surface area (Å²) in [5.74, 6) is 0. The molecule has 2 aromatic heterocycles. The van der Waals surface area contributed by atoms with Crippen LogP contribution in [-0.2, 0) is 33.0 Å². The Morgan fingerprint density at radius 1 is 1.27 bits per heavy atom. The molecule has 0 radical (unpaired) electrons. The van der Waals surface area contributed by atoms with E-state index in [4.69, 9.17) is 0 Å². The smallest absolute Gasteiger partial charge is 0.315 e. The van der Waals surface area contributed by atoms with Gasteiger partial charge in [0.1, 0.15) is 0 Å². The Morgan fingerprint density at radius 2 is 2.00 bits per heavy atom. The van der Waals surface area contributed by atoms with E-state index in [1.165, 1.54) is 5.69 Å². The lowest BCUT2D eigenvalue weighted by molar-refractivity contribution is 0.240. The molecule has 2 N–H and O–H groups in total. The number of urea groups is 1. The van der Waals surface area contributed by atoms with Crippen molar-refractivity contribution in [2.45, 2.75) is 46.7 Å². The third-order valence-electron chi connectivity index (χ3n) is 3.55. The molecule has 0 spiro atoms. The maximum atomic E-state index is 11.9. The van der Waals surface area contributed by atoms with Gasteiger partial charge in [0.05, 0.1) is 17.2 Å². The first kappa shape index (κ1) is 16.5. The van der Waals surface area contributed by atoms with Gasteiger partial charge in [-0.1, -0.05) is 13.8 Å². The maximum Gasteiger partial charge on any atom is 0.315 e. The second kappa shape index (κ2) is 7.40. The molecule has 0 aliphatic rings. The minimum Gasteiger partial charge on any atom is -0.334 e. The molecule has 2 heterocycles. The zero-order chi connectivity index (χ0) is 16.1. The third-order valence-corrected chi connectivity index (χ3v) is 4.46. The fourth-order valence-electron chi connectivity index (χ4n) is 2.48. The van der Waals surface area contributed by atoms with E-state index in [9.17, 15) is 4.79 Å². The molecule has 22 heavy (non-hydrogen) atoms. The van der Waals surface area contributed by atoms with E-state index in [0.717, 1.165) is 34.0 Å². The van der Waals surface area contributed by atoms with Crippen molar-refractivity contribution in [2.24, 2.45) is 7.05 Å². The molecular weight excluding hydrogens is 298 g/mol. The van der Waals surface area contributed by atoms with Gasteiger partial charge in [-0.3, -0.25) is 4.68 Å². The van der Waals surface area contributed by atoms with Crippen LogP contribution in [0.3, 0.4) is 0 Å². The van der Waals surface area contributed by atoms with Crippen LogP contribution < -0.4 is 10.6 Å². The average Bonchev–Trinajstić information content (AvgIpc) is 3.05. The minimum atomic E-state index is -0.168. The molecule has 2 aromatic rings. The highest BCUT2D eigenvalue weighted by molar-refractivity contribution is 7.11. The van der Waals surface area contributed by atoms with Gasteiger partial charge in [-0.2, -0.15) is 5.10 Å². The van der Waals surface area contributed by atoms with Gasteiger partial charge in [0.15, 0.2) is 0 Å². The Kier molecular flexibility index (Phi) is 5.54. The summed E-state index contributed by atoms with van der Waals surface area (Å²) in [6.07, 6.45) is 3.57. The summed E-state index contributed by atoms with van der Waals surface area (Å²) in [5, 5.41) is 11.3. The van der Waals surface area contributed by atoms with Gasteiger partial charge in [0.25, 0.3) is 0 Å². The lowest BCUT2D eigenvalue weighted by atomic mass is 10.1. The molecule has 0 aliphatic carbocycles. The monoisotopic (exact) mass is 321 g/mol. The molecule has 0 aromatic carbocycles. The molecule has 0 unspecified atom stereocenters. The molecule has 0 atom stereocenters. The van der Waals surface area contributed by atoms with Crippen LogP contribution in [0, 0.1) is 6.92 Å². The maximum absolute atomic E-state index is 11.9. The lowest BCUT2D eigenvalue weighted by Crippen LogP contribution is -2.34. The number of aryl methyl sites for hydroxylation is 3.